The average Bonchev–Trinajstić information content (AvgIpc) is 2.24. The van der Waals surface area contributed by atoms with E-state index in [-0.39, 0.29) is 18.3 Å². The molecule has 0 aromatic heterocycles. The quantitative estimate of drug-likeness (QED) is 0.502. The van der Waals surface area contributed by atoms with E-state index < -0.39 is 11.6 Å². The van der Waals surface area contributed by atoms with Gasteiger partial charge >= 0.3 is 6.18 Å². The molecule has 0 saturated heterocycles. The number of halogens is 3. The van der Waals surface area contributed by atoms with E-state index in [1.807, 2.05) is 6.92 Å². The van der Waals surface area contributed by atoms with E-state index in [2.05, 4.69) is 34.6 Å². The smallest absolute Gasteiger partial charge is 0.171 e. The fourth-order valence-corrected chi connectivity index (χ4v) is 2.75. The van der Waals surface area contributed by atoms with E-state index in [4.69, 9.17) is 0 Å². The molecule has 0 aliphatic rings. The molecule has 0 saturated carbocycles. The Labute approximate surface area is 117 Å². The molecule has 0 nitrogen and oxygen atoms in total. The number of hydrogen-bond donors (Lipinski definition) is 0. The van der Waals surface area contributed by atoms with E-state index >= 15 is 0 Å². The topological polar surface area (TPSA) is 0 Å². The third-order valence-corrected chi connectivity index (χ3v) is 5.34. The van der Waals surface area contributed by atoms with Crippen molar-refractivity contribution in [1.29, 1.82) is 0 Å². The SMILES string of the molecule is CCC[C@@](C)(CCC(C)(C(C)C)C(C)C)C(F)(F)F. The predicted octanol–water partition coefficient (Wildman–Crippen LogP) is 6.45. The van der Waals surface area contributed by atoms with Crippen LogP contribution in [0.25, 0.3) is 0 Å². The van der Waals surface area contributed by atoms with Crippen LogP contribution in [0, 0.1) is 22.7 Å². The van der Waals surface area contributed by atoms with Crippen LogP contribution in [0.4, 0.5) is 13.2 Å². The Morgan fingerprint density at radius 3 is 1.47 bits per heavy atom. The maximum atomic E-state index is 13.3. The molecular formula is C16H31F3. The molecule has 0 aliphatic carbocycles. The van der Waals surface area contributed by atoms with E-state index in [0.29, 0.717) is 24.7 Å². The van der Waals surface area contributed by atoms with Crippen molar-refractivity contribution in [1.82, 2.24) is 0 Å². The molecule has 0 aromatic carbocycles. The van der Waals surface area contributed by atoms with Crippen LogP contribution in [0.2, 0.25) is 0 Å². The lowest BCUT2D eigenvalue weighted by Gasteiger charge is -2.42. The molecule has 0 unspecified atom stereocenters. The zero-order chi connectivity index (χ0) is 15.5. The van der Waals surface area contributed by atoms with Gasteiger partial charge in [-0.1, -0.05) is 54.9 Å². The van der Waals surface area contributed by atoms with Gasteiger partial charge in [0.2, 0.25) is 0 Å². The van der Waals surface area contributed by atoms with Crippen molar-refractivity contribution < 1.29 is 13.2 Å². The highest BCUT2D eigenvalue weighted by Gasteiger charge is 2.50. The Morgan fingerprint density at radius 2 is 1.21 bits per heavy atom. The fourth-order valence-electron chi connectivity index (χ4n) is 2.75. The predicted molar refractivity (Wildman–Crippen MR) is 76.1 cm³/mol. The van der Waals surface area contributed by atoms with E-state index in [0.717, 1.165) is 0 Å². The normalized spacial score (nSPS) is 17.1. The highest BCUT2D eigenvalue weighted by Crippen LogP contribution is 2.49. The molecule has 19 heavy (non-hydrogen) atoms. The summed E-state index contributed by atoms with van der Waals surface area (Å²) in [6.45, 7) is 13.8. The molecule has 0 aromatic rings. The van der Waals surface area contributed by atoms with Gasteiger partial charge in [-0.25, -0.2) is 0 Å². The first-order valence-electron chi connectivity index (χ1n) is 7.47. The molecule has 0 bridgehead atoms. The van der Waals surface area contributed by atoms with Gasteiger partial charge in [-0.2, -0.15) is 13.2 Å². The van der Waals surface area contributed by atoms with Crippen LogP contribution in [0.3, 0.4) is 0 Å². The summed E-state index contributed by atoms with van der Waals surface area (Å²) in [5.74, 6) is 0.790. The summed E-state index contributed by atoms with van der Waals surface area (Å²) in [5, 5.41) is 0. The first-order chi connectivity index (χ1) is 8.40. The Kier molecular flexibility index (Phi) is 6.42. The standard InChI is InChI=1S/C16H31F3/c1-8-9-14(6,16(17,18)19)10-11-15(7,12(2)3)13(4)5/h12-13H,8-11H2,1-7H3/t14-/m0/s1. The third kappa shape index (κ3) is 4.39. The lowest BCUT2D eigenvalue weighted by Crippen LogP contribution is -2.38. The average molecular weight is 280 g/mol. The summed E-state index contributed by atoms with van der Waals surface area (Å²) in [6, 6.07) is 0. The second-order valence-corrected chi connectivity index (χ2v) is 7.12. The highest BCUT2D eigenvalue weighted by atomic mass is 19.4. The minimum absolute atomic E-state index is 0.0275. The van der Waals surface area contributed by atoms with Gasteiger partial charge in [-0.3, -0.25) is 0 Å². The molecule has 3 heteroatoms. The number of rotatable bonds is 7. The van der Waals surface area contributed by atoms with Crippen molar-refractivity contribution >= 4 is 0 Å². The van der Waals surface area contributed by atoms with Gasteiger partial charge in [0.1, 0.15) is 0 Å². The Bertz CT molecular complexity index is 258. The van der Waals surface area contributed by atoms with Gasteiger partial charge in [0.25, 0.3) is 0 Å². The van der Waals surface area contributed by atoms with Crippen molar-refractivity contribution in [3.05, 3.63) is 0 Å². The number of hydrogen-bond acceptors (Lipinski definition) is 0. The van der Waals surface area contributed by atoms with Crippen molar-refractivity contribution in [2.45, 2.75) is 80.3 Å². The second-order valence-electron chi connectivity index (χ2n) is 7.12. The van der Waals surface area contributed by atoms with Crippen molar-refractivity contribution in [2.24, 2.45) is 22.7 Å². The largest absolute Gasteiger partial charge is 0.394 e. The number of alkyl halides is 3. The Morgan fingerprint density at radius 1 is 0.789 bits per heavy atom. The molecule has 0 radical (unpaired) electrons. The van der Waals surface area contributed by atoms with Crippen LogP contribution in [-0.2, 0) is 0 Å². The molecule has 0 spiro atoms. The molecule has 0 N–H and O–H groups in total. The fraction of sp³-hybridized carbons (Fsp3) is 1.00. The highest BCUT2D eigenvalue weighted by molar-refractivity contribution is 4.88. The molecule has 0 rings (SSSR count). The van der Waals surface area contributed by atoms with Gasteiger partial charge in [0, 0.05) is 0 Å². The molecule has 0 fully saturated rings. The van der Waals surface area contributed by atoms with Crippen molar-refractivity contribution in [2.75, 3.05) is 0 Å². The Balaban J connectivity index is 5.00. The second kappa shape index (κ2) is 6.49. The first kappa shape index (κ1) is 18.8. The first-order valence-corrected chi connectivity index (χ1v) is 7.47. The van der Waals surface area contributed by atoms with Crippen molar-refractivity contribution in [3.8, 4) is 0 Å². The monoisotopic (exact) mass is 280 g/mol. The minimum atomic E-state index is -4.10. The molecule has 0 heterocycles. The third-order valence-electron chi connectivity index (χ3n) is 5.34. The van der Waals surface area contributed by atoms with E-state index in [1.165, 1.54) is 6.92 Å². The zero-order valence-corrected chi connectivity index (χ0v) is 13.6. The van der Waals surface area contributed by atoms with Gasteiger partial charge in [-0.05, 0) is 36.5 Å². The molecular weight excluding hydrogens is 249 g/mol. The van der Waals surface area contributed by atoms with Gasteiger partial charge in [0.05, 0.1) is 5.41 Å². The summed E-state index contributed by atoms with van der Waals surface area (Å²) >= 11 is 0. The van der Waals surface area contributed by atoms with Crippen LogP contribution in [0.15, 0.2) is 0 Å². The van der Waals surface area contributed by atoms with Crippen LogP contribution >= 0.6 is 0 Å². The van der Waals surface area contributed by atoms with Gasteiger partial charge in [0.15, 0.2) is 0 Å². The lowest BCUT2D eigenvalue weighted by molar-refractivity contribution is -0.225. The maximum absolute atomic E-state index is 13.3. The molecule has 0 amide bonds. The van der Waals surface area contributed by atoms with Gasteiger partial charge in [-0.15, -0.1) is 0 Å². The summed E-state index contributed by atoms with van der Waals surface area (Å²) in [6.07, 6.45) is -2.42. The summed E-state index contributed by atoms with van der Waals surface area (Å²) in [4.78, 5) is 0. The van der Waals surface area contributed by atoms with E-state index in [1.54, 1.807) is 0 Å². The van der Waals surface area contributed by atoms with Crippen LogP contribution in [0.1, 0.15) is 74.1 Å². The van der Waals surface area contributed by atoms with Crippen LogP contribution in [0.5, 0.6) is 0 Å². The van der Waals surface area contributed by atoms with E-state index in [9.17, 15) is 13.2 Å². The molecule has 0 aliphatic heterocycles. The Hall–Kier alpha value is -0.210. The lowest BCUT2D eigenvalue weighted by atomic mass is 9.65. The van der Waals surface area contributed by atoms with Crippen molar-refractivity contribution in [3.63, 3.8) is 0 Å². The maximum Gasteiger partial charge on any atom is 0.394 e. The zero-order valence-electron chi connectivity index (χ0n) is 13.6. The summed E-state index contributed by atoms with van der Waals surface area (Å²) in [7, 11) is 0. The van der Waals surface area contributed by atoms with Gasteiger partial charge < -0.3 is 0 Å². The summed E-state index contributed by atoms with van der Waals surface area (Å²) < 4.78 is 39.8. The molecule has 116 valence electrons. The molecule has 1 atom stereocenters. The summed E-state index contributed by atoms with van der Waals surface area (Å²) in [5.41, 5.74) is -1.56. The minimum Gasteiger partial charge on any atom is -0.171 e. The van der Waals surface area contributed by atoms with Crippen LogP contribution in [-0.4, -0.2) is 6.18 Å². The van der Waals surface area contributed by atoms with Crippen LogP contribution < -0.4 is 0 Å².